The van der Waals surface area contributed by atoms with Crippen molar-refractivity contribution in [3.8, 4) is 0 Å². The molecule has 50 valence electrons. The van der Waals surface area contributed by atoms with Crippen LogP contribution in [0.25, 0.3) is 0 Å². The molecule has 0 aromatic carbocycles. The summed E-state index contributed by atoms with van der Waals surface area (Å²) in [5, 5.41) is 1.25. The second-order valence-electron chi connectivity index (χ2n) is 1.78. The van der Waals surface area contributed by atoms with E-state index in [9.17, 15) is 0 Å². The maximum Gasteiger partial charge on any atom is 0.0769 e. The van der Waals surface area contributed by atoms with Crippen molar-refractivity contribution in [1.29, 1.82) is 0 Å². The molecule has 0 atom stereocenters. The van der Waals surface area contributed by atoms with E-state index in [0.717, 1.165) is 6.54 Å². The number of hydrogen-bond acceptors (Lipinski definition) is 0. The Bertz CT molecular complexity index is 185. The van der Waals surface area contributed by atoms with Gasteiger partial charge in [0.05, 0.1) is 10.0 Å². The second-order valence-corrected chi connectivity index (χ2v) is 2.60. The highest BCUT2D eigenvalue weighted by Gasteiger charge is 1.98. The minimum absolute atomic E-state index is 0.624. The van der Waals surface area contributed by atoms with Gasteiger partial charge in [-0.3, -0.25) is 0 Å². The maximum atomic E-state index is 5.66. The SMILES string of the molecule is CCn1cc(Cl)c(Cl)c1. The highest BCUT2D eigenvalue weighted by molar-refractivity contribution is 6.41. The Kier molecular flexibility index (Phi) is 2.04. The van der Waals surface area contributed by atoms with Crippen LogP contribution in [0.4, 0.5) is 0 Å². The second kappa shape index (κ2) is 2.63. The molecule has 1 aromatic rings. The van der Waals surface area contributed by atoms with Crippen LogP contribution in [-0.4, -0.2) is 4.57 Å². The molecular formula is C6H7Cl2N. The van der Waals surface area contributed by atoms with Crippen molar-refractivity contribution in [3.63, 3.8) is 0 Å². The Morgan fingerprint density at radius 2 is 1.78 bits per heavy atom. The van der Waals surface area contributed by atoms with Crippen LogP contribution >= 0.6 is 23.2 Å². The van der Waals surface area contributed by atoms with Crippen molar-refractivity contribution < 1.29 is 0 Å². The molecule has 0 bridgehead atoms. The molecule has 1 rings (SSSR count). The smallest absolute Gasteiger partial charge is 0.0769 e. The van der Waals surface area contributed by atoms with E-state index in [1.165, 1.54) is 0 Å². The summed E-state index contributed by atoms with van der Waals surface area (Å²) in [5.74, 6) is 0. The maximum absolute atomic E-state index is 5.66. The van der Waals surface area contributed by atoms with Crippen molar-refractivity contribution in [2.24, 2.45) is 0 Å². The van der Waals surface area contributed by atoms with Crippen LogP contribution in [0.1, 0.15) is 6.92 Å². The first-order valence-electron chi connectivity index (χ1n) is 2.75. The summed E-state index contributed by atoms with van der Waals surface area (Å²) in [6, 6.07) is 0. The summed E-state index contributed by atoms with van der Waals surface area (Å²) < 4.78 is 1.94. The number of hydrogen-bond donors (Lipinski definition) is 0. The fourth-order valence-electron chi connectivity index (χ4n) is 0.634. The van der Waals surface area contributed by atoms with Gasteiger partial charge in [-0.1, -0.05) is 23.2 Å². The Morgan fingerprint density at radius 3 is 2.00 bits per heavy atom. The number of aromatic nitrogens is 1. The van der Waals surface area contributed by atoms with Gasteiger partial charge in [-0.2, -0.15) is 0 Å². The summed E-state index contributed by atoms with van der Waals surface area (Å²) in [6.45, 7) is 2.94. The molecule has 0 aliphatic heterocycles. The lowest BCUT2D eigenvalue weighted by Crippen LogP contribution is -1.85. The number of nitrogens with zero attached hydrogens (tertiary/aromatic N) is 1. The molecule has 1 aromatic heterocycles. The molecule has 0 radical (unpaired) electrons. The largest absolute Gasteiger partial charge is 0.351 e. The molecule has 9 heavy (non-hydrogen) atoms. The van der Waals surface area contributed by atoms with E-state index in [1.807, 2.05) is 23.9 Å². The Labute approximate surface area is 64.2 Å². The van der Waals surface area contributed by atoms with Crippen LogP contribution in [0, 0.1) is 0 Å². The Balaban J connectivity index is 2.98. The van der Waals surface area contributed by atoms with Gasteiger partial charge in [0.2, 0.25) is 0 Å². The molecule has 1 heterocycles. The summed E-state index contributed by atoms with van der Waals surface area (Å²) in [6.07, 6.45) is 3.62. The zero-order chi connectivity index (χ0) is 6.85. The predicted molar refractivity (Wildman–Crippen MR) is 40.1 cm³/mol. The highest BCUT2D eigenvalue weighted by atomic mass is 35.5. The van der Waals surface area contributed by atoms with Gasteiger partial charge < -0.3 is 4.57 Å². The molecule has 0 N–H and O–H groups in total. The zero-order valence-corrected chi connectivity index (χ0v) is 6.58. The summed E-state index contributed by atoms with van der Waals surface area (Å²) in [7, 11) is 0. The molecule has 0 aliphatic rings. The minimum atomic E-state index is 0.624. The quantitative estimate of drug-likeness (QED) is 0.601. The molecule has 3 heteroatoms. The molecule has 0 saturated heterocycles. The van der Waals surface area contributed by atoms with E-state index >= 15 is 0 Å². The van der Waals surface area contributed by atoms with E-state index in [4.69, 9.17) is 23.2 Å². The number of aryl methyl sites for hydroxylation is 1. The van der Waals surface area contributed by atoms with Gasteiger partial charge in [-0.15, -0.1) is 0 Å². The average molecular weight is 164 g/mol. The van der Waals surface area contributed by atoms with E-state index in [1.54, 1.807) is 0 Å². The lowest BCUT2D eigenvalue weighted by atomic mass is 10.7. The van der Waals surface area contributed by atoms with E-state index in [-0.39, 0.29) is 0 Å². The third-order valence-corrected chi connectivity index (χ3v) is 1.85. The monoisotopic (exact) mass is 163 g/mol. The van der Waals surface area contributed by atoms with Crippen molar-refractivity contribution >= 4 is 23.2 Å². The van der Waals surface area contributed by atoms with Crippen molar-refractivity contribution in [2.45, 2.75) is 13.5 Å². The van der Waals surface area contributed by atoms with Gasteiger partial charge in [-0.05, 0) is 6.92 Å². The van der Waals surface area contributed by atoms with E-state index in [2.05, 4.69) is 0 Å². The number of halogens is 2. The van der Waals surface area contributed by atoms with Gasteiger partial charge in [0.1, 0.15) is 0 Å². The van der Waals surface area contributed by atoms with Crippen molar-refractivity contribution in [2.75, 3.05) is 0 Å². The lowest BCUT2D eigenvalue weighted by Gasteiger charge is -1.90. The van der Waals surface area contributed by atoms with Crippen LogP contribution in [0.3, 0.4) is 0 Å². The van der Waals surface area contributed by atoms with Gasteiger partial charge in [-0.25, -0.2) is 0 Å². The molecule has 0 spiro atoms. The summed E-state index contributed by atoms with van der Waals surface area (Å²) in [4.78, 5) is 0. The van der Waals surface area contributed by atoms with Crippen LogP contribution in [0.2, 0.25) is 10.0 Å². The molecule has 1 nitrogen and oxygen atoms in total. The van der Waals surface area contributed by atoms with Crippen LogP contribution < -0.4 is 0 Å². The fraction of sp³-hybridized carbons (Fsp3) is 0.333. The van der Waals surface area contributed by atoms with Crippen LogP contribution in [0.15, 0.2) is 12.4 Å². The van der Waals surface area contributed by atoms with Crippen molar-refractivity contribution in [1.82, 2.24) is 4.57 Å². The van der Waals surface area contributed by atoms with E-state index in [0.29, 0.717) is 10.0 Å². The summed E-state index contributed by atoms with van der Waals surface area (Å²) in [5.41, 5.74) is 0. The molecule has 0 amide bonds. The van der Waals surface area contributed by atoms with Gasteiger partial charge in [0, 0.05) is 18.9 Å². The summed E-state index contributed by atoms with van der Waals surface area (Å²) >= 11 is 11.3. The first-order valence-corrected chi connectivity index (χ1v) is 3.50. The molecule has 0 fully saturated rings. The average Bonchev–Trinajstić information content (AvgIpc) is 2.13. The molecule has 0 saturated carbocycles. The highest BCUT2D eigenvalue weighted by Crippen LogP contribution is 2.21. The minimum Gasteiger partial charge on any atom is -0.351 e. The lowest BCUT2D eigenvalue weighted by molar-refractivity contribution is 0.769. The number of rotatable bonds is 1. The molecule has 0 aliphatic carbocycles. The third-order valence-electron chi connectivity index (χ3n) is 1.15. The topological polar surface area (TPSA) is 4.93 Å². The Hall–Kier alpha value is -0.140. The zero-order valence-electron chi connectivity index (χ0n) is 5.06. The standard InChI is InChI=1S/C6H7Cl2N/c1-2-9-3-5(7)6(8)4-9/h3-4H,2H2,1H3. The van der Waals surface area contributed by atoms with Gasteiger partial charge in [0.25, 0.3) is 0 Å². The van der Waals surface area contributed by atoms with Gasteiger partial charge >= 0.3 is 0 Å². The van der Waals surface area contributed by atoms with E-state index < -0.39 is 0 Å². The van der Waals surface area contributed by atoms with Gasteiger partial charge in [0.15, 0.2) is 0 Å². The molecular weight excluding hydrogens is 157 g/mol. The predicted octanol–water partition coefficient (Wildman–Crippen LogP) is 2.81. The first kappa shape index (κ1) is 6.97. The molecule has 0 unspecified atom stereocenters. The first-order chi connectivity index (χ1) is 4.24. The fourth-order valence-corrected chi connectivity index (χ4v) is 0.983. The van der Waals surface area contributed by atoms with Crippen LogP contribution in [-0.2, 0) is 6.54 Å². The Morgan fingerprint density at radius 1 is 1.33 bits per heavy atom. The normalized spacial score (nSPS) is 10.1. The van der Waals surface area contributed by atoms with Crippen LogP contribution in [0.5, 0.6) is 0 Å². The van der Waals surface area contributed by atoms with Crippen molar-refractivity contribution in [3.05, 3.63) is 22.4 Å². The third kappa shape index (κ3) is 1.41.